The molecule has 180 valence electrons. The van der Waals surface area contributed by atoms with Crippen molar-refractivity contribution >= 4 is 40.3 Å². The van der Waals surface area contributed by atoms with Crippen molar-refractivity contribution in [2.24, 2.45) is 22.7 Å². The first-order valence-electron chi connectivity index (χ1n) is 12.2. The third-order valence-corrected chi connectivity index (χ3v) is 9.97. The summed E-state index contributed by atoms with van der Waals surface area (Å²) in [5, 5.41) is 0. The second-order valence-corrected chi connectivity index (χ2v) is 12.0. The average Bonchev–Trinajstić information content (AvgIpc) is 3.12. The van der Waals surface area contributed by atoms with Crippen LogP contribution in [0.15, 0.2) is 47.6 Å². The monoisotopic (exact) mass is 574 g/mol. The van der Waals surface area contributed by atoms with Gasteiger partial charge in [-0.05, 0) is 97.2 Å². The van der Waals surface area contributed by atoms with Crippen molar-refractivity contribution in [3.05, 3.63) is 56.7 Å². The number of esters is 2. The normalized spacial score (nSPS) is 36.4. The molecule has 0 N–H and O–H groups in total. The van der Waals surface area contributed by atoms with Crippen LogP contribution in [0.4, 0.5) is 0 Å². The molecule has 1 aromatic carbocycles. The van der Waals surface area contributed by atoms with Gasteiger partial charge >= 0.3 is 11.9 Å². The maximum atomic E-state index is 13.3. The van der Waals surface area contributed by atoms with Gasteiger partial charge in [-0.3, -0.25) is 4.79 Å². The summed E-state index contributed by atoms with van der Waals surface area (Å²) in [5.74, 6) is -0.171. The second-order valence-electron chi connectivity index (χ2n) is 10.8. The fourth-order valence-electron chi connectivity index (χ4n) is 7.40. The molecule has 5 nitrogen and oxygen atoms in total. The number of halogens is 1. The van der Waals surface area contributed by atoms with Gasteiger partial charge in [0.15, 0.2) is 5.78 Å². The number of fused-ring (bicyclic) bond motifs is 5. The summed E-state index contributed by atoms with van der Waals surface area (Å²) < 4.78 is 12.4. The highest BCUT2D eigenvalue weighted by Gasteiger charge is 2.68. The van der Waals surface area contributed by atoms with Crippen LogP contribution >= 0.6 is 22.6 Å². The number of methoxy groups -OCH3 is 1. The molecule has 34 heavy (non-hydrogen) atoms. The van der Waals surface area contributed by atoms with E-state index in [0.717, 1.165) is 29.3 Å². The number of allylic oxidation sites excluding steroid dienone is 4. The van der Waals surface area contributed by atoms with E-state index in [2.05, 4.69) is 42.5 Å². The van der Waals surface area contributed by atoms with E-state index in [1.54, 1.807) is 12.1 Å². The Balaban J connectivity index is 1.53. The molecule has 0 aliphatic heterocycles. The molecule has 4 aliphatic carbocycles. The van der Waals surface area contributed by atoms with E-state index in [9.17, 15) is 14.4 Å². The topological polar surface area (TPSA) is 69.7 Å². The summed E-state index contributed by atoms with van der Waals surface area (Å²) in [7, 11) is 1.38. The van der Waals surface area contributed by atoms with E-state index in [1.807, 2.05) is 18.2 Å². The molecule has 0 heterocycles. The lowest BCUT2D eigenvalue weighted by Crippen LogP contribution is -2.57. The summed E-state index contributed by atoms with van der Waals surface area (Å²) in [5.41, 5.74) is 1.19. The van der Waals surface area contributed by atoms with Crippen molar-refractivity contribution in [3.8, 4) is 0 Å². The lowest BCUT2D eigenvalue weighted by atomic mass is 9.50. The van der Waals surface area contributed by atoms with Gasteiger partial charge in [0.2, 0.25) is 5.60 Å². The maximum absolute atomic E-state index is 13.3. The molecular weight excluding hydrogens is 543 g/mol. The number of ether oxygens (including phenoxy) is 2. The Morgan fingerprint density at radius 3 is 2.65 bits per heavy atom. The lowest BCUT2D eigenvalue weighted by Gasteiger charge is -2.54. The van der Waals surface area contributed by atoms with Gasteiger partial charge in [-0.2, -0.15) is 0 Å². The maximum Gasteiger partial charge on any atom is 0.350 e. The molecule has 2 saturated carbocycles. The number of rotatable bonds is 3. The third-order valence-electron chi connectivity index (χ3n) is 9.30. The van der Waals surface area contributed by atoms with Crippen LogP contribution in [0.2, 0.25) is 0 Å². The molecule has 0 unspecified atom stereocenters. The van der Waals surface area contributed by atoms with E-state index in [0.29, 0.717) is 30.7 Å². The number of carbonyl (C=O) groups is 3. The van der Waals surface area contributed by atoms with Crippen molar-refractivity contribution in [3.63, 3.8) is 0 Å². The molecule has 0 amide bonds. The second kappa shape index (κ2) is 8.32. The van der Waals surface area contributed by atoms with Gasteiger partial charge < -0.3 is 9.47 Å². The minimum atomic E-state index is -1.31. The van der Waals surface area contributed by atoms with E-state index in [4.69, 9.17) is 9.47 Å². The number of hydrogen-bond acceptors (Lipinski definition) is 5. The molecule has 0 aromatic heterocycles. The van der Waals surface area contributed by atoms with Crippen molar-refractivity contribution in [2.45, 2.75) is 64.4 Å². The van der Waals surface area contributed by atoms with Gasteiger partial charge in [-0.15, -0.1) is 0 Å². The van der Waals surface area contributed by atoms with Crippen LogP contribution in [0.1, 0.15) is 69.2 Å². The Morgan fingerprint density at radius 1 is 1.12 bits per heavy atom. The first-order chi connectivity index (χ1) is 16.1. The zero-order valence-electron chi connectivity index (χ0n) is 20.0. The zero-order chi connectivity index (χ0) is 24.3. The average molecular weight is 574 g/mol. The van der Waals surface area contributed by atoms with Crippen LogP contribution in [-0.2, 0) is 19.1 Å². The largest absolute Gasteiger partial charge is 0.466 e. The highest BCUT2D eigenvalue weighted by molar-refractivity contribution is 14.1. The SMILES string of the molecule is COC(=O)[C@@]1(OC(=O)c2cccc(I)c2)CC[C@H]2[C@@H]3CCC4=CC(=O)CC[C@]4(C)C3=CC[C@@]21C. The molecule has 1 aromatic rings. The van der Waals surface area contributed by atoms with Crippen LogP contribution in [-0.4, -0.2) is 30.4 Å². The van der Waals surface area contributed by atoms with Crippen LogP contribution in [0, 0.1) is 26.2 Å². The standard InChI is InChI=1S/C28H31IO5/c1-26-12-9-20(30)16-18(26)7-8-21-22(26)10-13-27(2)23(21)11-14-28(27,25(32)33-3)34-24(31)17-5-4-6-19(29)15-17/h4-6,10,15-16,21,23H,7-9,11-14H2,1-3H3/t21-,23+,26+,27+,28+/m1/s1. The molecule has 6 heteroatoms. The molecule has 0 spiro atoms. The van der Waals surface area contributed by atoms with Crippen molar-refractivity contribution in [2.75, 3.05) is 7.11 Å². The summed E-state index contributed by atoms with van der Waals surface area (Å²) >= 11 is 2.17. The predicted octanol–water partition coefficient (Wildman–Crippen LogP) is 5.81. The van der Waals surface area contributed by atoms with Gasteiger partial charge in [0.25, 0.3) is 0 Å². The summed E-state index contributed by atoms with van der Waals surface area (Å²) in [4.78, 5) is 38.7. The Morgan fingerprint density at radius 2 is 1.91 bits per heavy atom. The van der Waals surface area contributed by atoms with Gasteiger partial charge in [0.05, 0.1) is 12.7 Å². The van der Waals surface area contributed by atoms with Gasteiger partial charge in [0, 0.05) is 20.8 Å². The quantitative estimate of drug-likeness (QED) is 0.259. The Hall–Kier alpha value is -1.96. The first-order valence-corrected chi connectivity index (χ1v) is 13.2. The highest BCUT2D eigenvalue weighted by atomic mass is 127. The molecule has 2 fully saturated rings. The smallest absolute Gasteiger partial charge is 0.350 e. The van der Waals surface area contributed by atoms with E-state index in [1.165, 1.54) is 18.3 Å². The van der Waals surface area contributed by atoms with Crippen LogP contribution in [0.3, 0.4) is 0 Å². The van der Waals surface area contributed by atoms with Crippen molar-refractivity contribution < 1.29 is 23.9 Å². The van der Waals surface area contributed by atoms with Gasteiger partial charge in [-0.1, -0.05) is 37.1 Å². The van der Waals surface area contributed by atoms with Crippen molar-refractivity contribution in [1.29, 1.82) is 0 Å². The Kier molecular flexibility index (Phi) is 5.81. The molecule has 0 radical (unpaired) electrons. The zero-order valence-corrected chi connectivity index (χ0v) is 22.1. The minimum absolute atomic E-state index is 0.0773. The van der Waals surface area contributed by atoms with Crippen molar-refractivity contribution in [1.82, 2.24) is 0 Å². The highest BCUT2D eigenvalue weighted by Crippen LogP contribution is 2.66. The number of ketones is 1. The Labute approximate surface area is 214 Å². The van der Waals surface area contributed by atoms with Crippen LogP contribution < -0.4 is 0 Å². The molecule has 0 saturated heterocycles. The van der Waals surface area contributed by atoms with Crippen LogP contribution in [0.5, 0.6) is 0 Å². The molecular formula is C28H31IO5. The summed E-state index contributed by atoms with van der Waals surface area (Å²) in [6.45, 7) is 4.39. The number of carbonyl (C=O) groups excluding carboxylic acids is 3. The molecule has 5 atom stereocenters. The first kappa shape index (κ1) is 23.8. The van der Waals surface area contributed by atoms with Crippen LogP contribution in [0.25, 0.3) is 0 Å². The summed E-state index contributed by atoms with van der Waals surface area (Å²) in [6.07, 6.45) is 9.41. The predicted molar refractivity (Wildman–Crippen MR) is 136 cm³/mol. The van der Waals surface area contributed by atoms with E-state index >= 15 is 0 Å². The molecule has 4 aliphatic rings. The third kappa shape index (κ3) is 3.34. The minimum Gasteiger partial charge on any atom is -0.466 e. The Bertz CT molecular complexity index is 1140. The number of hydrogen-bond donors (Lipinski definition) is 0. The fourth-order valence-corrected chi connectivity index (χ4v) is 7.94. The summed E-state index contributed by atoms with van der Waals surface area (Å²) in [6, 6.07) is 7.24. The fraction of sp³-hybridized carbons (Fsp3) is 0.536. The van der Waals surface area contributed by atoms with E-state index < -0.39 is 23.0 Å². The van der Waals surface area contributed by atoms with E-state index in [-0.39, 0.29) is 17.1 Å². The lowest BCUT2D eigenvalue weighted by molar-refractivity contribution is -0.178. The molecule has 5 rings (SSSR count). The molecule has 0 bridgehead atoms. The number of benzene rings is 1. The van der Waals surface area contributed by atoms with Gasteiger partial charge in [-0.25, -0.2) is 9.59 Å². The van der Waals surface area contributed by atoms with Gasteiger partial charge in [0.1, 0.15) is 0 Å².